The van der Waals surface area contributed by atoms with Crippen molar-refractivity contribution in [3.63, 3.8) is 0 Å². The molecule has 0 saturated heterocycles. The number of hydrogen-bond donors (Lipinski definition) is 2. The summed E-state index contributed by atoms with van der Waals surface area (Å²) in [4.78, 5) is 6.78. The van der Waals surface area contributed by atoms with Gasteiger partial charge in [-0.25, -0.2) is 0 Å². The second kappa shape index (κ2) is 4.84. The van der Waals surface area contributed by atoms with Crippen LogP contribution in [-0.2, 0) is 0 Å². The van der Waals surface area contributed by atoms with Crippen molar-refractivity contribution in [1.29, 1.82) is 0 Å². The van der Waals surface area contributed by atoms with E-state index in [9.17, 15) is 0 Å². The van der Waals surface area contributed by atoms with Gasteiger partial charge in [0.1, 0.15) is 0 Å². The summed E-state index contributed by atoms with van der Waals surface area (Å²) < 4.78 is 0. The zero-order valence-corrected chi connectivity index (χ0v) is 9.58. The molecule has 2 unspecified atom stereocenters. The number of rotatable bonds is 2. The van der Waals surface area contributed by atoms with Crippen molar-refractivity contribution in [2.45, 2.75) is 31.7 Å². The molecule has 0 radical (unpaired) electrons. The fourth-order valence-corrected chi connectivity index (χ4v) is 2.75. The summed E-state index contributed by atoms with van der Waals surface area (Å²) in [7, 11) is 2.15. The lowest BCUT2D eigenvalue weighted by Gasteiger charge is -2.38. The minimum Gasteiger partial charge on any atom is -0.354 e. The fourth-order valence-electron chi connectivity index (χ4n) is 2.75. The third kappa shape index (κ3) is 2.25. The van der Waals surface area contributed by atoms with E-state index in [4.69, 9.17) is 5.73 Å². The topological polar surface area (TPSA) is 53.6 Å². The molecule has 1 aliphatic heterocycles. The number of nitrogens with zero attached hydrogens (tertiary/aromatic N) is 2. The zero-order valence-electron chi connectivity index (χ0n) is 9.58. The highest BCUT2D eigenvalue weighted by Gasteiger charge is 2.29. The third-order valence-corrected chi connectivity index (χ3v) is 3.66. The van der Waals surface area contributed by atoms with Crippen LogP contribution in [0.1, 0.15) is 25.7 Å². The van der Waals surface area contributed by atoms with Crippen LogP contribution in [-0.4, -0.2) is 43.6 Å². The molecule has 1 heterocycles. The van der Waals surface area contributed by atoms with E-state index < -0.39 is 0 Å². The van der Waals surface area contributed by atoms with E-state index in [2.05, 4.69) is 22.3 Å². The molecule has 15 heavy (non-hydrogen) atoms. The highest BCUT2D eigenvalue weighted by Crippen LogP contribution is 2.27. The SMILES string of the molecule is CN(C1=NCCN1)C1CCCCC1CN. The van der Waals surface area contributed by atoms with Crippen LogP contribution >= 0.6 is 0 Å². The Labute approximate surface area is 91.9 Å². The lowest BCUT2D eigenvalue weighted by Crippen LogP contribution is -2.49. The van der Waals surface area contributed by atoms with Crippen LogP contribution in [0.3, 0.4) is 0 Å². The molecule has 0 aromatic heterocycles. The highest BCUT2D eigenvalue weighted by atomic mass is 15.3. The maximum atomic E-state index is 5.84. The van der Waals surface area contributed by atoms with Crippen LogP contribution in [0, 0.1) is 5.92 Å². The van der Waals surface area contributed by atoms with Gasteiger partial charge in [-0.3, -0.25) is 4.99 Å². The van der Waals surface area contributed by atoms with Crippen molar-refractivity contribution in [1.82, 2.24) is 10.2 Å². The molecule has 1 aliphatic carbocycles. The van der Waals surface area contributed by atoms with Crippen molar-refractivity contribution in [3.8, 4) is 0 Å². The summed E-state index contributed by atoms with van der Waals surface area (Å²) >= 11 is 0. The van der Waals surface area contributed by atoms with E-state index in [1.54, 1.807) is 0 Å². The fraction of sp³-hybridized carbons (Fsp3) is 0.909. The van der Waals surface area contributed by atoms with Gasteiger partial charge >= 0.3 is 0 Å². The molecule has 2 rings (SSSR count). The molecule has 0 aromatic carbocycles. The smallest absolute Gasteiger partial charge is 0.194 e. The zero-order chi connectivity index (χ0) is 10.7. The lowest BCUT2D eigenvalue weighted by molar-refractivity contribution is 0.193. The molecule has 86 valence electrons. The standard InChI is InChI=1S/C11H22N4/c1-15(11-13-6-7-14-11)10-5-3-2-4-9(10)8-12/h9-10H,2-8,12H2,1H3,(H,13,14). The van der Waals surface area contributed by atoms with Gasteiger partial charge in [-0.15, -0.1) is 0 Å². The Morgan fingerprint density at radius 2 is 2.27 bits per heavy atom. The number of aliphatic imine (C=N–C) groups is 1. The Morgan fingerprint density at radius 1 is 1.47 bits per heavy atom. The quantitative estimate of drug-likeness (QED) is 0.693. The number of hydrogen-bond acceptors (Lipinski definition) is 4. The number of guanidine groups is 1. The van der Waals surface area contributed by atoms with Crippen LogP contribution in [0.15, 0.2) is 4.99 Å². The molecule has 4 heteroatoms. The van der Waals surface area contributed by atoms with Crippen molar-refractivity contribution in [2.24, 2.45) is 16.6 Å². The first-order valence-electron chi connectivity index (χ1n) is 6.04. The summed E-state index contributed by atoms with van der Waals surface area (Å²) in [5.74, 6) is 1.72. The summed E-state index contributed by atoms with van der Waals surface area (Å²) in [6, 6.07) is 0.591. The van der Waals surface area contributed by atoms with Crippen LogP contribution in [0.25, 0.3) is 0 Å². The molecule has 1 saturated carbocycles. The Bertz CT molecular complexity index is 239. The first-order chi connectivity index (χ1) is 7.33. The molecule has 0 spiro atoms. The van der Waals surface area contributed by atoms with Crippen LogP contribution in [0.5, 0.6) is 0 Å². The minimum atomic E-state index is 0.591. The molecule has 2 aliphatic rings. The molecule has 0 amide bonds. The minimum absolute atomic E-state index is 0.591. The Balaban J connectivity index is 2.00. The van der Waals surface area contributed by atoms with Gasteiger partial charge in [0.2, 0.25) is 0 Å². The summed E-state index contributed by atoms with van der Waals surface area (Å²) in [5, 5.41) is 3.33. The van der Waals surface area contributed by atoms with Crippen LogP contribution in [0.4, 0.5) is 0 Å². The highest BCUT2D eigenvalue weighted by molar-refractivity contribution is 5.81. The second-order valence-corrected chi connectivity index (χ2v) is 4.59. The lowest BCUT2D eigenvalue weighted by atomic mass is 9.84. The second-order valence-electron chi connectivity index (χ2n) is 4.59. The Kier molecular flexibility index (Phi) is 3.46. The van der Waals surface area contributed by atoms with Crippen molar-refractivity contribution in [3.05, 3.63) is 0 Å². The monoisotopic (exact) mass is 210 g/mol. The predicted octanol–water partition coefficient (Wildman–Crippen LogP) is 0.395. The van der Waals surface area contributed by atoms with E-state index in [1.807, 2.05) is 0 Å². The first-order valence-corrected chi connectivity index (χ1v) is 6.04. The van der Waals surface area contributed by atoms with Gasteiger partial charge in [-0.1, -0.05) is 12.8 Å². The van der Waals surface area contributed by atoms with Gasteiger partial charge in [0, 0.05) is 19.6 Å². The third-order valence-electron chi connectivity index (χ3n) is 3.66. The van der Waals surface area contributed by atoms with Gasteiger partial charge in [0.25, 0.3) is 0 Å². The summed E-state index contributed by atoms with van der Waals surface area (Å²) in [5.41, 5.74) is 5.84. The van der Waals surface area contributed by atoms with E-state index in [0.717, 1.165) is 25.6 Å². The van der Waals surface area contributed by atoms with Gasteiger partial charge in [-0.2, -0.15) is 0 Å². The van der Waals surface area contributed by atoms with Crippen molar-refractivity contribution < 1.29 is 0 Å². The molecule has 1 fully saturated rings. The predicted molar refractivity (Wildman–Crippen MR) is 62.9 cm³/mol. The van der Waals surface area contributed by atoms with Gasteiger partial charge in [0.05, 0.1) is 6.54 Å². The van der Waals surface area contributed by atoms with Gasteiger partial charge < -0.3 is 16.0 Å². The number of nitrogens with one attached hydrogen (secondary N) is 1. The van der Waals surface area contributed by atoms with Crippen LogP contribution < -0.4 is 11.1 Å². The van der Waals surface area contributed by atoms with E-state index in [-0.39, 0.29) is 0 Å². The molecule has 0 bridgehead atoms. The van der Waals surface area contributed by atoms with Gasteiger partial charge in [0.15, 0.2) is 5.96 Å². The molecule has 0 aromatic rings. The van der Waals surface area contributed by atoms with Crippen molar-refractivity contribution in [2.75, 3.05) is 26.7 Å². The van der Waals surface area contributed by atoms with E-state index in [1.165, 1.54) is 25.7 Å². The maximum absolute atomic E-state index is 5.84. The Hall–Kier alpha value is -0.770. The first kappa shape index (κ1) is 10.7. The molecule has 4 nitrogen and oxygen atoms in total. The van der Waals surface area contributed by atoms with E-state index >= 15 is 0 Å². The van der Waals surface area contributed by atoms with Crippen molar-refractivity contribution >= 4 is 5.96 Å². The summed E-state index contributed by atoms with van der Waals surface area (Å²) in [6.45, 7) is 2.71. The number of nitrogens with two attached hydrogens (primary N) is 1. The largest absolute Gasteiger partial charge is 0.354 e. The molecule has 2 atom stereocenters. The average Bonchev–Trinajstić information content (AvgIpc) is 2.81. The van der Waals surface area contributed by atoms with Crippen LogP contribution in [0.2, 0.25) is 0 Å². The van der Waals surface area contributed by atoms with E-state index in [0.29, 0.717) is 12.0 Å². The molecular weight excluding hydrogens is 188 g/mol. The Morgan fingerprint density at radius 3 is 2.93 bits per heavy atom. The normalized spacial score (nSPS) is 30.9. The summed E-state index contributed by atoms with van der Waals surface area (Å²) in [6.07, 6.45) is 5.21. The molecule has 3 N–H and O–H groups in total. The molecular formula is C11H22N4. The van der Waals surface area contributed by atoms with Gasteiger partial charge in [-0.05, 0) is 25.3 Å². The maximum Gasteiger partial charge on any atom is 0.194 e. The average molecular weight is 210 g/mol.